The third-order valence-electron chi connectivity index (χ3n) is 4.05. The van der Waals surface area contributed by atoms with Crippen molar-refractivity contribution in [2.24, 2.45) is 0 Å². The first-order valence-corrected chi connectivity index (χ1v) is 10.1. The van der Waals surface area contributed by atoms with Gasteiger partial charge in [0.25, 0.3) is 11.8 Å². The molecule has 150 valence electrons. The Morgan fingerprint density at radius 1 is 1.10 bits per heavy atom. The molecule has 0 aliphatic heterocycles. The standard InChI is InChI=1S/C19H19N5O4S/c1-3-11-20-29(27,28)15-9-7-14(8-10-15)18(25)22-23-19(26)17-13(2)21-16-6-4-5-12-24(16)17/h3-10,12,20H,1,11H2,2H3,(H,22,25)(H,23,26). The summed E-state index contributed by atoms with van der Waals surface area (Å²) >= 11 is 0. The summed E-state index contributed by atoms with van der Waals surface area (Å²) in [6.45, 7) is 5.24. The first-order valence-electron chi connectivity index (χ1n) is 8.58. The van der Waals surface area contributed by atoms with E-state index in [9.17, 15) is 18.0 Å². The molecule has 29 heavy (non-hydrogen) atoms. The molecule has 2 aromatic heterocycles. The number of imidazole rings is 1. The lowest BCUT2D eigenvalue weighted by molar-refractivity contribution is 0.0843. The summed E-state index contributed by atoms with van der Waals surface area (Å²) in [5.41, 5.74) is 6.28. The third-order valence-corrected chi connectivity index (χ3v) is 5.49. The Hall–Kier alpha value is -3.50. The van der Waals surface area contributed by atoms with Crippen LogP contribution in [0.25, 0.3) is 5.65 Å². The Bertz CT molecular complexity index is 1180. The Morgan fingerprint density at radius 3 is 2.48 bits per heavy atom. The van der Waals surface area contributed by atoms with E-state index in [2.05, 4.69) is 27.1 Å². The Labute approximate surface area is 167 Å². The van der Waals surface area contributed by atoms with Gasteiger partial charge >= 0.3 is 0 Å². The van der Waals surface area contributed by atoms with Gasteiger partial charge in [-0.15, -0.1) is 6.58 Å². The van der Waals surface area contributed by atoms with Crippen molar-refractivity contribution >= 4 is 27.5 Å². The molecule has 0 bridgehead atoms. The molecule has 3 N–H and O–H groups in total. The first-order chi connectivity index (χ1) is 13.8. The minimum atomic E-state index is -3.68. The fraction of sp³-hybridized carbons (Fsp3) is 0.105. The van der Waals surface area contributed by atoms with Gasteiger partial charge in [0.1, 0.15) is 11.3 Å². The summed E-state index contributed by atoms with van der Waals surface area (Å²) in [7, 11) is -3.68. The molecule has 0 aliphatic rings. The average Bonchev–Trinajstić information content (AvgIpc) is 3.06. The molecular formula is C19H19N5O4S. The van der Waals surface area contributed by atoms with E-state index in [-0.39, 0.29) is 17.0 Å². The van der Waals surface area contributed by atoms with Gasteiger partial charge in [0.2, 0.25) is 10.0 Å². The molecule has 1 aromatic carbocycles. The molecule has 0 radical (unpaired) electrons. The van der Waals surface area contributed by atoms with Crippen LogP contribution in [0.4, 0.5) is 0 Å². The van der Waals surface area contributed by atoms with E-state index in [1.54, 1.807) is 29.7 Å². The third kappa shape index (κ3) is 4.33. The molecule has 2 amide bonds. The Balaban J connectivity index is 1.68. The molecule has 3 rings (SSSR count). The summed E-state index contributed by atoms with van der Waals surface area (Å²) in [5, 5.41) is 0. The molecule has 0 atom stereocenters. The SMILES string of the molecule is C=CCNS(=O)(=O)c1ccc(C(=O)NNC(=O)c2c(C)nc3ccccn23)cc1. The summed E-state index contributed by atoms with van der Waals surface area (Å²) in [6, 6.07) is 10.6. The van der Waals surface area contributed by atoms with Crippen molar-refractivity contribution in [3.63, 3.8) is 0 Å². The van der Waals surface area contributed by atoms with Crippen LogP contribution in [0, 0.1) is 6.92 Å². The van der Waals surface area contributed by atoms with Crippen molar-refractivity contribution < 1.29 is 18.0 Å². The molecule has 0 saturated carbocycles. The van der Waals surface area contributed by atoms with Gasteiger partial charge in [0, 0.05) is 18.3 Å². The maximum Gasteiger partial charge on any atom is 0.288 e. The first kappa shape index (κ1) is 20.2. The van der Waals surface area contributed by atoms with Gasteiger partial charge in [-0.25, -0.2) is 18.1 Å². The van der Waals surface area contributed by atoms with E-state index in [4.69, 9.17) is 0 Å². The summed E-state index contributed by atoms with van der Waals surface area (Å²) < 4.78 is 28.0. The van der Waals surface area contributed by atoms with Gasteiger partial charge in [-0.1, -0.05) is 12.1 Å². The number of amides is 2. The van der Waals surface area contributed by atoms with E-state index < -0.39 is 21.8 Å². The second-order valence-electron chi connectivity index (χ2n) is 6.05. The number of aromatic nitrogens is 2. The van der Waals surface area contributed by atoms with Gasteiger partial charge in [0.05, 0.1) is 10.6 Å². The number of nitrogens with zero attached hydrogens (tertiary/aromatic N) is 2. The highest BCUT2D eigenvalue weighted by molar-refractivity contribution is 7.89. The quantitative estimate of drug-likeness (QED) is 0.414. The number of rotatable bonds is 6. The topological polar surface area (TPSA) is 122 Å². The number of aryl methyl sites for hydroxylation is 1. The molecule has 0 aliphatic carbocycles. The molecule has 0 saturated heterocycles. The van der Waals surface area contributed by atoms with E-state index in [1.165, 1.54) is 30.3 Å². The molecule has 0 spiro atoms. The zero-order chi connectivity index (χ0) is 21.0. The Morgan fingerprint density at radius 2 is 1.79 bits per heavy atom. The van der Waals surface area contributed by atoms with Gasteiger partial charge < -0.3 is 0 Å². The molecule has 0 fully saturated rings. The van der Waals surface area contributed by atoms with Crippen LogP contribution in [0.5, 0.6) is 0 Å². The van der Waals surface area contributed by atoms with E-state index in [0.29, 0.717) is 17.0 Å². The van der Waals surface area contributed by atoms with Crippen LogP contribution < -0.4 is 15.6 Å². The van der Waals surface area contributed by atoms with Crippen molar-refractivity contribution in [2.45, 2.75) is 11.8 Å². The monoisotopic (exact) mass is 413 g/mol. The second-order valence-corrected chi connectivity index (χ2v) is 7.81. The maximum absolute atomic E-state index is 12.5. The van der Waals surface area contributed by atoms with Crippen molar-refractivity contribution in [2.75, 3.05) is 6.54 Å². The van der Waals surface area contributed by atoms with Gasteiger partial charge in [-0.05, 0) is 43.3 Å². The van der Waals surface area contributed by atoms with Crippen LogP contribution in [0.1, 0.15) is 26.5 Å². The number of hydrogen-bond donors (Lipinski definition) is 3. The minimum Gasteiger partial charge on any atom is -0.295 e. The van der Waals surface area contributed by atoms with Gasteiger partial charge in [0.15, 0.2) is 0 Å². The number of hydrogen-bond acceptors (Lipinski definition) is 5. The average molecular weight is 413 g/mol. The Kier molecular flexibility index (Phi) is 5.76. The fourth-order valence-electron chi connectivity index (χ4n) is 2.67. The van der Waals surface area contributed by atoms with Crippen LogP contribution in [-0.2, 0) is 10.0 Å². The molecule has 2 heterocycles. The van der Waals surface area contributed by atoms with Crippen molar-refractivity contribution in [1.82, 2.24) is 25.0 Å². The molecule has 9 nitrogen and oxygen atoms in total. The summed E-state index contributed by atoms with van der Waals surface area (Å²) in [5.74, 6) is -1.12. The fourth-order valence-corrected chi connectivity index (χ4v) is 3.67. The van der Waals surface area contributed by atoms with E-state index in [0.717, 1.165) is 0 Å². The molecule has 3 aromatic rings. The predicted octanol–water partition coefficient (Wildman–Crippen LogP) is 1.18. The smallest absolute Gasteiger partial charge is 0.288 e. The van der Waals surface area contributed by atoms with E-state index in [1.807, 2.05) is 6.07 Å². The van der Waals surface area contributed by atoms with Crippen LogP contribution in [0.15, 0.2) is 66.2 Å². The largest absolute Gasteiger partial charge is 0.295 e. The number of benzene rings is 1. The lowest BCUT2D eigenvalue weighted by Crippen LogP contribution is -2.42. The number of carbonyl (C=O) groups is 2. The number of fused-ring (bicyclic) bond motifs is 1. The van der Waals surface area contributed by atoms with Crippen LogP contribution in [-0.4, -0.2) is 36.2 Å². The maximum atomic E-state index is 12.5. The van der Waals surface area contributed by atoms with Gasteiger partial charge in [-0.2, -0.15) is 0 Å². The van der Waals surface area contributed by atoms with Crippen LogP contribution in [0.3, 0.4) is 0 Å². The number of hydrazine groups is 1. The highest BCUT2D eigenvalue weighted by Gasteiger charge is 2.18. The van der Waals surface area contributed by atoms with Crippen molar-refractivity contribution in [1.29, 1.82) is 0 Å². The highest BCUT2D eigenvalue weighted by atomic mass is 32.2. The summed E-state index contributed by atoms with van der Waals surface area (Å²) in [4.78, 5) is 29.1. The highest BCUT2D eigenvalue weighted by Crippen LogP contribution is 2.12. The van der Waals surface area contributed by atoms with Gasteiger partial charge in [-0.3, -0.25) is 24.8 Å². The van der Waals surface area contributed by atoms with E-state index >= 15 is 0 Å². The van der Waals surface area contributed by atoms with Crippen LogP contribution >= 0.6 is 0 Å². The van der Waals surface area contributed by atoms with Crippen LogP contribution in [0.2, 0.25) is 0 Å². The predicted molar refractivity (Wildman–Crippen MR) is 107 cm³/mol. The van der Waals surface area contributed by atoms with Crippen molar-refractivity contribution in [3.8, 4) is 0 Å². The second kappa shape index (κ2) is 8.25. The zero-order valence-electron chi connectivity index (χ0n) is 15.5. The number of sulfonamides is 1. The molecular weight excluding hydrogens is 394 g/mol. The van der Waals surface area contributed by atoms with Crippen molar-refractivity contribution in [3.05, 3.63) is 78.3 Å². The number of pyridine rings is 1. The normalized spacial score (nSPS) is 11.2. The lowest BCUT2D eigenvalue weighted by Gasteiger charge is -2.09. The zero-order valence-corrected chi connectivity index (χ0v) is 16.4. The minimum absolute atomic E-state index is 0.0151. The number of carbonyl (C=O) groups excluding carboxylic acids is 2. The number of nitrogens with one attached hydrogen (secondary N) is 3. The summed E-state index contributed by atoms with van der Waals surface area (Å²) in [6.07, 6.45) is 3.12. The molecule has 10 heteroatoms. The molecule has 0 unspecified atom stereocenters. The lowest BCUT2D eigenvalue weighted by atomic mass is 10.2.